The number of imidazole rings is 1. The maximum absolute atomic E-state index is 14.6. The largest absolute Gasteiger partial charge is 0.352 e. The number of nitrogens with one attached hydrogen (secondary N) is 1. The molecule has 0 spiro atoms. The lowest BCUT2D eigenvalue weighted by Crippen LogP contribution is -2.42. The Bertz CT molecular complexity index is 1360. The van der Waals surface area contributed by atoms with Gasteiger partial charge in [0.05, 0.1) is 10.6 Å². The number of nitrogens with zero attached hydrogens (tertiary/aromatic N) is 3. The highest BCUT2D eigenvalue weighted by Crippen LogP contribution is 2.28. The lowest BCUT2D eigenvalue weighted by atomic mass is 9.97. The molecule has 1 saturated heterocycles. The Morgan fingerprint density at radius 1 is 1.11 bits per heavy atom. The van der Waals surface area contributed by atoms with Crippen LogP contribution in [0.25, 0.3) is 5.69 Å². The maximum atomic E-state index is 14.6. The number of amides is 1. The highest BCUT2D eigenvalue weighted by atomic mass is 32.2. The van der Waals surface area contributed by atoms with Crippen molar-refractivity contribution in [3.63, 3.8) is 0 Å². The zero-order valence-corrected chi connectivity index (χ0v) is 20.5. The summed E-state index contributed by atoms with van der Waals surface area (Å²) in [6.07, 6.45) is 7.25. The van der Waals surface area contributed by atoms with Gasteiger partial charge in [-0.1, -0.05) is 12.1 Å². The minimum Gasteiger partial charge on any atom is -0.352 e. The second kappa shape index (κ2) is 9.54. The number of carbonyl (C=O) groups is 1. The average molecular weight is 497 g/mol. The molecule has 0 radical (unpaired) electrons. The number of fused-ring (bicyclic) bond motifs is 1. The van der Waals surface area contributed by atoms with E-state index in [9.17, 15) is 17.6 Å². The van der Waals surface area contributed by atoms with Crippen LogP contribution in [0.5, 0.6) is 0 Å². The Labute approximate surface area is 205 Å². The van der Waals surface area contributed by atoms with E-state index in [1.54, 1.807) is 42.1 Å². The zero-order valence-electron chi connectivity index (χ0n) is 19.7. The lowest BCUT2D eigenvalue weighted by molar-refractivity contribution is -0.126. The predicted molar refractivity (Wildman–Crippen MR) is 130 cm³/mol. The van der Waals surface area contributed by atoms with E-state index in [-0.39, 0.29) is 24.2 Å². The fourth-order valence-corrected chi connectivity index (χ4v) is 6.56. The predicted octanol–water partition coefficient (Wildman–Crippen LogP) is 3.53. The second-order valence-corrected chi connectivity index (χ2v) is 11.2. The topological polar surface area (TPSA) is 84.3 Å². The van der Waals surface area contributed by atoms with E-state index in [4.69, 9.17) is 0 Å². The number of hydrogen-bond donors (Lipinski definition) is 1. The molecule has 2 aliphatic rings. The number of aromatic nitrogens is 2. The van der Waals surface area contributed by atoms with E-state index in [1.165, 1.54) is 15.9 Å². The highest BCUT2D eigenvalue weighted by molar-refractivity contribution is 7.89. The normalized spacial score (nSPS) is 16.9. The fourth-order valence-electron chi connectivity index (χ4n) is 5.04. The Morgan fingerprint density at radius 2 is 1.89 bits per heavy atom. The molecule has 0 saturated carbocycles. The summed E-state index contributed by atoms with van der Waals surface area (Å²) in [7, 11) is -3.57. The summed E-state index contributed by atoms with van der Waals surface area (Å²) in [5.74, 6) is -0.0916. The van der Waals surface area contributed by atoms with Crippen LogP contribution >= 0.6 is 0 Å². The van der Waals surface area contributed by atoms with Gasteiger partial charge in [0, 0.05) is 37.9 Å². The molecule has 5 rings (SSSR count). The molecule has 1 aromatic heterocycles. The van der Waals surface area contributed by atoms with Gasteiger partial charge in [-0.15, -0.1) is 0 Å². The molecule has 2 aromatic carbocycles. The Hall–Kier alpha value is -3.04. The molecule has 0 bridgehead atoms. The summed E-state index contributed by atoms with van der Waals surface area (Å²) in [5.41, 5.74) is 3.44. The Kier molecular flexibility index (Phi) is 6.46. The van der Waals surface area contributed by atoms with E-state index in [0.29, 0.717) is 47.9 Å². The highest BCUT2D eigenvalue weighted by Gasteiger charge is 2.32. The van der Waals surface area contributed by atoms with Crippen LogP contribution in [-0.4, -0.2) is 41.3 Å². The van der Waals surface area contributed by atoms with Gasteiger partial charge in [0.2, 0.25) is 15.9 Å². The number of carbonyl (C=O) groups excluding carboxylic acids is 1. The first-order valence-electron chi connectivity index (χ1n) is 12.0. The minimum absolute atomic E-state index is 0.130. The molecule has 1 N–H and O–H groups in total. The quantitative estimate of drug-likeness (QED) is 0.566. The molecular weight excluding hydrogens is 467 g/mol. The molecule has 7 nitrogen and oxygen atoms in total. The number of sulfonamides is 1. The first-order chi connectivity index (χ1) is 16.8. The number of hydrogen-bond acceptors (Lipinski definition) is 4. The lowest BCUT2D eigenvalue weighted by Gasteiger charge is -2.30. The van der Waals surface area contributed by atoms with Gasteiger partial charge in [-0.2, -0.15) is 4.31 Å². The molecule has 1 aliphatic carbocycles. The van der Waals surface area contributed by atoms with Crippen molar-refractivity contribution in [3.8, 4) is 5.69 Å². The number of halogens is 1. The summed E-state index contributed by atoms with van der Waals surface area (Å²) in [4.78, 5) is 17.2. The SMILES string of the molecule is Cc1nccn1-c1ccc(CNC(=O)C2CCN(S(=O)(=O)c3ccc4c(c3)CCC4)CC2)cc1F. The van der Waals surface area contributed by atoms with Crippen LogP contribution < -0.4 is 5.32 Å². The van der Waals surface area contributed by atoms with E-state index in [0.717, 1.165) is 24.8 Å². The van der Waals surface area contributed by atoms with Gasteiger partial charge in [-0.05, 0) is 80.0 Å². The number of benzene rings is 2. The molecule has 1 aliphatic heterocycles. The van der Waals surface area contributed by atoms with Crippen molar-refractivity contribution in [2.45, 2.75) is 50.5 Å². The van der Waals surface area contributed by atoms with Gasteiger partial charge >= 0.3 is 0 Å². The van der Waals surface area contributed by atoms with Crippen molar-refractivity contribution in [2.24, 2.45) is 5.92 Å². The Morgan fingerprint density at radius 3 is 2.60 bits per heavy atom. The van der Waals surface area contributed by atoms with Gasteiger partial charge in [-0.25, -0.2) is 17.8 Å². The third-order valence-electron chi connectivity index (χ3n) is 7.10. The van der Waals surface area contributed by atoms with Gasteiger partial charge in [0.15, 0.2) is 0 Å². The Balaban J connectivity index is 1.16. The van der Waals surface area contributed by atoms with Crippen molar-refractivity contribution in [3.05, 3.63) is 77.1 Å². The van der Waals surface area contributed by atoms with Crippen LogP contribution in [0.4, 0.5) is 4.39 Å². The number of rotatable bonds is 6. The van der Waals surface area contributed by atoms with E-state index < -0.39 is 10.0 Å². The smallest absolute Gasteiger partial charge is 0.243 e. The zero-order chi connectivity index (χ0) is 24.6. The van der Waals surface area contributed by atoms with Crippen LogP contribution in [0.15, 0.2) is 53.7 Å². The molecule has 9 heteroatoms. The summed E-state index contributed by atoms with van der Waals surface area (Å²) in [6.45, 7) is 2.64. The second-order valence-electron chi connectivity index (χ2n) is 9.31. The van der Waals surface area contributed by atoms with E-state index in [1.807, 2.05) is 12.1 Å². The van der Waals surface area contributed by atoms with Crippen molar-refractivity contribution < 1.29 is 17.6 Å². The fraction of sp³-hybridized carbons (Fsp3) is 0.385. The van der Waals surface area contributed by atoms with Gasteiger partial charge < -0.3 is 9.88 Å². The summed E-state index contributed by atoms with van der Waals surface area (Å²) in [5, 5.41) is 2.88. The monoisotopic (exact) mass is 496 g/mol. The van der Waals surface area contributed by atoms with Crippen LogP contribution in [0, 0.1) is 18.7 Å². The molecule has 2 heterocycles. The van der Waals surface area contributed by atoms with Crippen LogP contribution in [0.2, 0.25) is 0 Å². The minimum atomic E-state index is -3.57. The van der Waals surface area contributed by atoms with Crippen molar-refractivity contribution in [2.75, 3.05) is 13.1 Å². The third-order valence-corrected chi connectivity index (χ3v) is 8.99. The number of aryl methyl sites for hydroxylation is 3. The molecule has 3 aromatic rings. The molecule has 0 atom stereocenters. The standard InChI is InChI=1S/C26H29FN4O3S/c1-18-28-11-14-31(18)25-8-5-19(15-24(25)27)17-29-26(32)21-9-12-30(13-10-21)35(33,34)23-7-6-20-3-2-4-22(20)16-23/h5-8,11,14-16,21H,2-4,9-10,12-13,17H2,1H3,(H,29,32). The van der Waals surface area contributed by atoms with Crippen molar-refractivity contribution in [1.82, 2.24) is 19.2 Å². The maximum Gasteiger partial charge on any atom is 0.243 e. The first kappa shape index (κ1) is 23.7. The average Bonchev–Trinajstić information content (AvgIpc) is 3.51. The van der Waals surface area contributed by atoms with Crippen LogP contribution in [0.3, 0.4) is 0 Å². The summed E-state index contributed by atoms with van der Waals surface area (Å²) < 4.78 is 44.0. The third kappa shape index (κ3) is 4.75. The molecule has 0 unspecified atom stereocenters. The van der Waals surface area contributed by atoms with E-state index >= 15 is 0 Å². The van der Waals surface area contributed by atoms with Crippen LogP contribution in [-0.2, 0) is 34.2 Å². The summed E-state index contributed by atoms with van der Waals surface area (Å²) >= 11 is 0. The first-order valence-corrected chi connectivity index (χ1v) is 13.5. The molecule has 35 heavy (non-hydrogen) atoms. The van der Waals surface area contributed by atoms with E-state index in [2.05, 4.69) is 10.3 Å². The summed E-state index contributed by atoms with van der Waals surface area (Å²) in [6, 6.07) is 10.3. The molecule has 184 valence electrons. The van der Waals surface area contributed by atoms with Gasteiger partial charge in [-0.3, -0.25) is 4.79 Å². The van der Waals surface area contributed by atoms with Gasteiger partial charge in [0.1, 0.15) is 11.6 Å². The van der Waals surface area contributed by atoms with Crippen molar-refractivity contribution >= 4 is 15.9 Å². The molecular formula is C26H29FN4O3S. The van der Waals surface area contributed by atoms with Gasteiger partial charge in [0.25, 0.3) is 0 Å². The molecule has 1 amide bonds. The number of piperidine rings is 1. The van der Waals surface area contributed by atoms with Crippen LogP contribution in [0.1, 0.15) is 41.8 Å². The van der Waals surface area contributed by atoms with Crippen molar-refractivity contribution in [1.29, 1.82) is 0 Å². The molecule has 1 fully saturated rings.